The van der Waals surface area contributed by atoms with E-state index in [1.165, 1.54) is 5.56 Å². The summed E-state index contributed by atoms with van der Waals surface area (Å²) in [7, 11) is 0. The van der Waals surface area contributed by atoms with Crippen molar-refractivity contribution in [2.24, 2.45) is 11.1 Å². The monoisotopic (exact) mass is 205 g/mol. The highest BCUT2D eigenvalue weighted by molar-refractivity contribution is 5.21. The van der Waals surface area contributed by atoms with E-state index in [1.807, 2.05) is 0 Å². The van der Waals surface area contributed by atoms with Crippen molar-refractivity contribution in [3.8, 4) is 0 Å². The van der Waals surface area contributed by atoms with Crippen molar-refractivity contribution < 1.29 is 0 Å². The van der Waals surface area contributed by atoms with Crippen LogP contribution >= 0.6 is 0 Å². The Kier molecular flexibility index (Phi) is 3.92. The molecule has 0 fully saturated rings. The molecule has 0 aliphatic carbocycles. The molecule has 0 radical (unpaired) electrons. The van der Waals surface area contributed by atoms with E-state index in [1.54, 1.807) is 0 Å². The summed E-state index contributed by atoms with van der Waals surface area (Å²) in [6, 6.07) is 10.8. The molecule has 1 rings (SSSR count). The van der Waals surface area contributed by atoms with Crippen molar-refractivity contribution in [1.29, 1.82) is 0 Å². The highest BCUT2D eigenvalue weighted by Gasteiger charge is 2.22. The summed E-state index contributed by atoms with van der Waals surface area (Å²) >= 11 is 0. The van der Waals surface area contributed by atoms with Gasteiger partial charge in [-0.15, -0.1) is 0 Å². The molecule has 1 aromatic carbocycles. The molecule has 0 aliphatic rings. The highest BCUT2D eigenvalue weighted by Crippen LogP contribution is 2.32. The number of hydrogen-bond donors (Lipinski definition) is 1. The molecule has 0 heterocycles. The second kappa shape index (κ2) is 4.80. The molecule has 0 spiro atoms. The molecule has 2 atom stereocenters. The van der Waals surface area contributed by atoms with Gasteiger partial charge in [-0.25, -0.2) is 0 Å². The average molecular weight is 205 g/mol. The average Bonchev–Trinajstić information content (AvgIpc) is 2.14. The summed E-state index contributed by atoms with van der Waals surface area (Å²) in [4.78, 5) is 0. The Morgan fingerprint density at radius 3 is 2.07 bits per heavy atom. The molecule has 0 saturated carbocycles. The molecule has 2 N–H and O–H groups in total. The molecule has 1 nitrogen and oxygen atoms in total. The van der Waals surface area contributed by atoms with Crippen LogP contribution in [0.3, 0.4) is 0 Å². The molecule has 1 aromatic rings. The van der Waals surface area contributed by atoms with Crippen LogP contribution in [-0.2, 0) is 0 Å². The van der Waals surface area contributed by atoms with E-state index < -0.39 is 0 Å². The van der Waals surface area contributed by atoms with E-state index in [0.717, 1.165) is 6.42 Å². The van der Waals surface area contributed by atoms with Gasteiger partial charge in [0.2, 0.25) is 0 Å². The maximum Gasteiger partial charge on any atom is 0.00795 e. The number of nitrogens with two attached hydrogens (primary N) is 1. The van der Waals surface area contributed by atoms with Crippen molar-refractivity contribution in [3.05, 3.63) is 35.9 Å². The normalized spacial score (nSPS) is 16.1. The lowest BCUT2D eigenvalue weighted by atomic mass is 9.78. The third kappa shape index (κ3) is 4.05. The fourth-order valence-corrected chi connectivity index (χ4v) is 1.97. The van der Waals surface area contributed by atoms with Gasteiger partial charge in [-0.05, 0) is 30.2 Å². The maximum atomic E-state index is 6.08. The molecule has 0 aliphatic heterocycles. The highest BCUT2D eigenvalue weighted by atomic mass is 14.6. The van der Waals surface area contributed by atoms with Gasteiger partial charge >= 0.3 is 0 Å². The van der Waals surface area contributed by atoms with Gasteiger partial charge in [-0.2, -0.15) is 0 Å². The lowest BCUT2D eigenvalue weighted by Crippen LogP contribution is -2.28. The molecular weight excluding hydrogens is 182 g/mol. The fourth-order valence-electron chi connectivity index (χ4n) is 1.97. The molecule has 84 valence electrons. The summed E-state index contributed by atoms with van der Waals surface area (Å²) in [6.45, 7) is 8.91. The zero-order chi connectivity index (χ0) is 11.5. The SMILES string of the molecule is CC(N)C(CC(C)(C)C)c1ccccc1. The van der Waals surface area contributed by atoms with Crippen LogP contribution in [-0.4, -0.2) is 6.04 Å². The molecule has 15 heavy (non-hydrogen) atoms. The Balaban J connectivity index is 2.85. The van der Waals surface area contributed by atoms with Gasteiger partial charge in [0.05, 0.1) is 0 Å². The van der Waals surface area contributed by atoms with Crippen LogP contribution in [0.5, 0.6) is 0 Å². The topological polar surface area (TPSA) is 26.0 Å². The molecular formula is C14H23N. The number of hydrogen-bond acceptors (Lipinski definition) is 1. The maximum absolute atomic E-state index is 6.08. The van der Waals surface area contributed by atoms with Crippen LogP contribution in [0.1, 0.15) is 45.6 Å². The Hall–Kier alpha value is -0.820. The minimum Gasteiger partial charge on any atom is -0.327 e. The van der Waals surface area contributed by atoms with Crippen molar-refractivity contribution in [3.63, 3.8) is 0 Å². The molecule has 2 unspecified atom stereocenters. The van der Waals surface area contributed by atoms with Crippen LogP contribution < -0.4 is 5.73 Å². The summed E-state index contributed by atoms with van der Waals surface area (Å²) < 4.78 is 0. The molecule has 0 amide bonds. The molecule has 1 heteroatoms. The van der Waals surface area contributed by atoms with Crippen LogP contribution in [0.25, 0.3) is 0 Å². The second-order valence-corrected chi connectivity index (χ2v) is 5.64. The van der Waals surface area contributed by atoms with Gasteiger partial charge in [-0.1, -0.05) is 51.1 Å². The summed E-state index contributed by atoms with van der Waals surface area (Å²) in [5.74, 6) is 0.464. The molecule has 0 bridgehead atoms. The van der Waals surface area contributed by atoms with E-state index >= 15 is 0 Å². The van der Waals surface area contributed by atoms with Gasteiger partial charge in [0.25, 0.3) is 0 Å². The minimum absolute atomic E-state index is 0.214. The van der Waals surface area contributed by atoms with Crippen LogP contribution in [0.15, 0.2) is 30.3 Å². The first kappa shape index (κ1) is 12.3. The number of rotatable bonds is 3. The van der Waals surface area contributed by atoms with E-state index in [4.69, 9.17) is 5.73 Å². The van der Waals surface area contributed by atoms with E-state index in [9.17, 15) is 0 Å². The zero-order valence-electron chi connectivity index (χ0n) is 10.3. The minimum atomic E-state index is 0.214. The Morgan fingerprint density at radius 1 is 1.13 bits per heavy atom. The molecule has 0 aromatic heterocycles. The van der Waals surface area contributed by atoms with Crippen molar-refractivity contribution in [2.45, 2.75) is 46.1 Å². The largest absolute Gasteiger partial charge is 0.327 e. The van der Waals surface area contributed by atoms with E-state index in [-0.39, 0.29) is 6.04 Å². The quantitative estimate of drug-likeness (QED) is 0.802. The first-order chi connectivity index (χ1) is 6.90. The summed E-state index contributed by atoms with van der Waals surface area (Å²) in [5.41, 5.74) is 7.77. The van der Waals surface area contributed by atoms with Crippen molar-refractivity contribution >= 4 is 0 Å². The number of benzene rings is 1. The van der Waals surface area contributed by atoms with Gasteiger partial charge in [0.15, 0.2) is 0 Å². The zero-order valence-corrected chi connectivity index (χ0v) is 10.3. The smallest absolute Gasteiger partial charge is 0.00795 e. The molecule has 0 saturated heterocycles. The van der Waals surface area contributed by atoms with Crippen LogP contribution in [0, 0.1) is 5.41 Å². The lowest BCUT2D eigenvalue weighted by Gasteiger charge is -2.29. The fraction of sp³-hybridized carbons (Fsp3) is 0.571. The Labute approximate surface area is 93.7 Å². The third-order valence-electron chi connectivity index (χ3n) is 2.69. The lowest BCUT2D eigenvalue weighted by molar-refractivity contribution is 0.320. The Bertz CT molecular complexity index is 282. The van der Waals surface area contributed by atoms with Gasteiger partial charge in [-0.3, -0.25) is 0 Å². The van der Waals surface area contributed by atoms with Gasteiger partial charge in [0, 0.05) is 6.04 Å². The summed E-state index contributed by atoms with van der Waals surface area (Å²) in [5, 5.41) is 0. The third-order valence-corrected chi connectivity index (χ3v) is 2.69. The summed E-state index contributed by atoms with van der Waals surface area (Å²) in [6.07, 6.45) is 1.13. The van der Waals surface area contributed by atoms with Crippen LogP contribution in [0.4, 0.5) is 0 Å². The Morgan fingerprint density at radius 2 is 1.67 bits per heavy atom. The standard InChI is InChI=1S/C14H23N/c1-11(15)13(10-14(2,3)4)12-8-6-5-7-9-12/h5-9,11,13H,10,15H2,1-4H3. The van der Waals surface area contributed by atoms with E-state index in [0.29, 0.717) is 11.3 Å². The first-order valence-electron chi connectivity index (χ1n) is 5.71. The van der Waals surface area contributed by atoms with Crippen LogP contribution in [0.2, 0.25) is 0 Å². The first-order valence-corrected chi connectivity index (χ1v) is 5.71. The van der Waals surface area contributed by atoms with E-state index in [2.05, 4.69) is 58.0 Å². The second-order valence-electron chi connectivity index (χ2n) is 5.64. The van der Waals surface area contributed by atoms with Gasteiger partial charge < -0.3 is 5.73 Å². The predicted molar refractivity (Wildman–Crippen MR) is 66.9 cm³/mol. The predicted octanol–water partition coefficient (Wildman–Crippen LogP) is 3.55. The van der Waals surface area contributed by atoms with Gasteiger partial charge in [0.1, 0.15) is 0 Å². The van der Waals surface area contributed by atoms with Crippen molar-refractivity contribution in [2.75, 3.05) is 0 Å². The van der Waals surface area contributed by atoms with Crippen molar-refractivity contribution in [1.82, 2.24) is 0 Å².